The third-order valence-electron chi connectivity index (χ3n) is 5.28. The maximum atomic E-state index is 13.0. The Bertz CT molecular complexity index is 1100. The highest BCUT2D eigenvalue weighted by atomic mass is 19.4. The van der Waals surface area contributed by atoms with Gasteiger partial charge in [-0.05, 0) is 47.7 Å². The van der Waals surface area contributed by atoms with Gasteiger partial charge in [-0.15, -0.1) is 0 Å². The van der Waals surface area contributed by atoms with Crippen molar-refractivity contribution in [1.82, 2.24) is 5.32 Å². The maximum absolute atomic E-state index is 13.0. The van der Waals surface area contributed by atoms with Crippen LogP contribution in [0.4, 0.5) is 13.2 Å². The maximum Gasteiger partial charge on any atom is 0.471 e. The monoisotopic (exact) mass is 453 g/mol. The summed E-state index contributed by atoms with van der Waals surface area (Å²) in [7, 11) is 5.62. The SMILES string of the molecule is COc1cc2c(c(OC)c1OC)-c1ccc(OC)c(=O)cc1[C@@H](NC(=O)C(F)(F)F)CC2. The summed E-state index contributed by atoms with van der Waals surface area (Å²) in [5, 5.41) is 2.02. The second-order valence-electron chi connectivity index (χ2n) is 7.02. The molecule has 2 aromatic carbocycles. The molecule has 0 heterocycles. The molecule has 1 aliphatic carbocycles. The Balaban J connectivity index is 2.35. The van der Waals surface area contributed by atoms with Crippen molar-refractivity contribution in [1.29, 1.82) is 0 Å². The molecule has 1 aliphatic rings. The van der Waals surface area contributed by atoms with Crippen molar-refractivity contribution in [2.75, 3.05) is 28.4 Å². The van der Waals surface area contributed by atoms with Crippen LogP contribution in [0, 0.1) is 0 Å². The summed E-state index contributed by atoms with van der Waals surface area (Å²) in [6.45, 7) is 0. The van der Waals surface area contributed by atoms with Gasteiger partial charge in [0.25, 0.3) is 0 Å². The Kier molecular flexibility index (Phi) is 6.52. The first-order chi connectivity index (χ1) is 15.2. The van der Waals surface area contributed by atoms with E-state index in [1.165, 1.54) is 40.6 Å². The van der Waals surface area contributed by atoms with E-state index in [9.17, 15) is 22.8 Å². The van der Waals surface area contributed by atoms with E-state index in [0.29, 0.717) is 33.9 Å². The van der Waals surface area contributed by atoms with Crippen molar-refractivity contribution in [3.8, 4) is 34.1 Å². The van der Waals surface area contributed by atoms with E-state index < -0.39 is 23.6 Å². The number of carbonyl (C=O) groups is 1. The fraction of sp³-hybridized carbons (Fsp3) is 0.364. The van der Waals surface area contributed by atoms with Crippen molar-refractivity contribution >= 4 is 5.91 Å². The van der Waals surface area contributed by atoms with Gasteiger partial charge in [-0.25, -0.2) is 0 Å². The van der Waals surface area contributed by atoms with Crippen molar-refractivity contribution in [2.45, 2.75) is 25.1 Å². The molecule has 0 unspecified atom stereocenters. The molecule has 0 spiro atoms. The minimum atomic E-state index is -5.07. The van der Waals surface area contributed by atoms with E-state index in [1.54, 1.807) is 12.1 Å². The number of rotatable bonds is 5. The number of methoxy groups -OCH3 is 4. The first kappa shape index (κ1) is 23.2. The van der Waals surface area contributed by atoms with Gasteiger partial charge in [0, 0.05) is 5.56 Å². The van der Waals surface area contributed by atoms with Gasteiger partial charge in [-0.1, -0.05) is 6.07 Å². The third-order valence-corrected chi connectivity index (χ3v) is 5.28. The Morgan fingerprint density at radius 3 is 2.19 bits per heavy atom. The fourth-order valence-corrected chi connectivity index (χ4v) is 3.86. The quantitative estimate of drug-likeness (QED) is 0.747. The van der Waals surface area contributed by atoms with E-state index in [1.807, 2.05) is 5.32 Å². The number of benzene rings is 1. The van der Waals surface area contributed by atoms with Crippen LogP contribution in [0.1, 0.15) is 23.6 Å². The average Bonchev–Trinajstić information content (AvgIpc) is 3.00. The highest BCUT2D eigenvalue weighted by molar-refractivity contribution is 5.85. The summed E-state index contributed by atoms with van der Waals surface area (Å²) in [4.78, 5) is 24.4. The minimum absolute atomic E-state index is 0.0000325. The van der Waals surface area contributed by atoms with Crippen LogP contribution in [0.5, 0.6) is 23.0 Å². The number of hydrogen-bond acceptors (Lipinski definition) is 6. The molecule has 0 fully saturated rings. The van der Waals surface area contributed by atoms with Gasteiger partial charge < -0.3 is 24.3 Å². The van der Waals surface area contributed by atoms with Crippen LogP contribution < -0.4 is 29.7 Å². The summed E-state index contributed by atoms with van der Waals surface area (Å²) in [6.07, 6.45) is -4.69. The lowest BCUT2D eigenvalue weighted by molar-refractivity contribution is -0.174. The number of alkyl halides is 3. The molecular weight excluding hydrogens is 431 g/mol. The van der Waals surface area contributed by atoms with Crippen LogP contribution in [-0.2, 0) is 11.2 Å². The fourth-order valence-electron chi connectivity index (χ4n) is 3.86. The van der Waals surface area contributed by atoms with Crippen LogP contribution in [0.3, 0.4) is 0 Å². The lowest BCUT2D eigenvalue weighted by atomic mass is 9.95. The molecule has 0 aromatic heterocycles. The largest absolute Gasteiger partial charge is 0.493 e. The second-order valence-corrected chi connectivity index (χ2v) is 7.02. The topological polar surface area (TPSA) is 83.1 Å². The smallest absolute Gasteiger partial charge is 0.471 e. The number of hydrogen-bond donors (Lipinski definition) is 1. The van der Waals surface area contributed by atoms with Crippen LogP contribution in [0.2, 0.25) is 0 Å². The van der Waals surface area contributed by atoms with Gasteiger partial charge in [-0.2, -0.15) is 13.2 Å². The van der Waals surface area contributed by atoms with Gasteiger partial charge in [0.15, 0.2) is 17.2 Å². The number of nitrogens with one attached hydrogen (secondary N) is 1. The predicted octanol–water partition coefficient (Wildman–Crippen LogP) is 3.41. The Morgan fingerprint density at radius 1 is 0.969 bits per heavy atom. The van der Waals surface area contributed by atoms with Crippen LogP contribution in [-0.4, -0.2) is 40.5 Å². The number of carbonyl (C=O) groups excluding carboxylic acids is 1. The number of ether oxygens (including phenoxy) is 4. The molecule has 1 atom stereocenters. The average molecular weight is 453 g/mol. The molecule has 7 nitrogen and oxygen atoms in total. The highest BCUT2D eigenvalue weighted by Crippen LogP contribution is 2.50. The minimum Gasteiger partial charge on any atom is -0.493 e. The first-order valence-corrected chi connectivity index (χ1v) is 9.58. The number of amides is 1. The van der Waals surface area contributed by atoms with Crippen LogP contribution in [0.25, 0.3) is 11.1 Å². The molecule has 1 N–H and O–H groups in total. The molecule has 2 aromatic rings. The Hall–Kier alpha value is -3.43. The standard InChI is InChI=1S/C22H22F3NO6/c1-29-16-8-6-12-13(10-15(16)27)14(26-21(28)22(23,24)25)7-5-11-9-17(30-2)19(31-3)20(32-4)18(11)12/h6,8-10,14H,5,7H2,1-4H3,(H,26,28)/t14-/m0/s1. The number of aryl methyl sites for hydroxylation is 1. The predicted molar refractivity (Wildman–Crippen MR) is 110 cm³/mol. The van der Waals surface area contributed by atoms with Crippen molar-refractivity contribution in [2.24, 2.45) is 0 Å². The normalized spacial score (nSPS) is 15.0. The van der Waals surface area contributed by atoms with E-state index in [2.05, 4.69) is 0 Å². The molecule has 0 radical (unpaired) electrons. The lowest BCUT2D eigenvalue weighted by Crippen LogP contribution is -2.39. The molecule has 0 saturated heterocycles. The second kappa shape index (κ2) is 8.97. The highest BCUT2D eigenvalue weighted by Gasteiger charge is 2.41. The van der Waals surface area contributed by atoms with Gasteiger partial charge in [-0.3, -0.25) is 9.59 Å². The molecular formula is C22H22F3NO6. The summed E-state index contributed by atoms with van der Waals surface area (Å²) in [6, 6.07) is 4.78. The Morgan fingerprint density at radius 2 is 1.62 bits per heavy atom. The van der Waals surface area contributed by atoms with Crippen LogP contribution >= 0.6 is 0 Å². The summed E-state index contributed by atoms with van der Waals surface area (Å²) in [5.74, 6) is -1.13. The molecule has 0 saturated carbocycles. The molecule has 3 rings (SSSR count). The zero-order valence-corrected chi connectivity index (χ0v) is 17.9. The van der Waals surface area contributed by atoms with Crippen LogP contribution in [0.15, 0.2) is 29.1 Å². The van der Waals surface area contributed by atoms with E-state index >= 15 is 0 Å². The third kappa shape index (κ3) is 4.17. The van der Waals surface area contributed by atoms with Gasteiger partial charge >= 0.3 is 12.1 Å². The lowest BCUT2D eigenvalue weighted by Gasteiger charge is -2.20. The van der Waals surface area contributed by atoms with Gasteiger partial charge in [0.1, 0.15) is 0 Å². The van der Waals surface area contributed by atoms with Crippen molar-refractivity contribution in [3.63, 3.8) is 0 Å². The summed E-state index contributed by atoms with van der Waals surface area (Å²) < 4.78 is 60.5. The molecule has 172 valence electrons. The molecule has 10 heteroatoms. The van der Waals surface area contributed by atoms with E-state index in [4.69, 9.17) is 18.9 Å². The van der Waals surface area contributed by atoms with Crippen molar-refractivity contribution < 1.29 is 36.9 Å². The zero-order chi connectivity index (χ0) is 23.6. The first-order valence-electron chi connectivity index (χ1n) is 9.58. The molecule has 0 bridgehead atoms. The zero-order valence-electron chi connectivity index (χ0n) is 17.9. The molecule has 1 amide bonds. The number of halogens is 3. The number of fused-ring (bicyclic) bond motifs is 3. The van der Waals surface area contributed by atoms with Gasteiger partial charge in [0.05, 0.1) is 34.5 Å². The summed E-state index contributed by atoms with van der Waals surface area (Å²) in [5.41, 5.74) is 1.30. The molecule has 32 heavy (non-hydrogen) atoms. The van der Waals surface area contributed by atoms with E-state index in [-0.39, 0.29) is 24.2 Å². The van der Waals surface area contributed by atoms with Crippen molar-refractivity contribution in [3.05, 3.63) is 45.6 Å². The van der Waals surface area contributed by atoms with E-state index in [0.717, 1.165) is 0 Å². The Labute approximate surface area is 182 Å². The van der Waals surface area contributed by atoms with Gasteiger partial charge in [0.2, 0.25) is 11.2 Å². The molecule has 0 aliphatic heterocycles. The summed E-state index contributed by atoms with van der Waals surface area (Å²) >= 11 is 0.